The Kier molecular flexibility index (Phi) is 5.35. The van der Waals surface area contributed by atoms with Gasteiger partial charge in [0.05, 0.1) is 18.0 Å². The molecule has 162 valence electrons. The smallest absolute Gasteiger partial charge is 0.261 e. The van der Waals surface area contributed by atoms with Gasteiger partial charge in [0.15, 0.2) is 0 Å². The zero-order valence-corrected chi connectivity index (χ0v) is 18.0. The lowest BCUT2D eigenvalue weighted by Gasteiger charge is -2.13. The van der Waals surface area contributed by atoms with Crippen LogP contribution in [0.25, 0.3) is 21.7 Å². The van der Waals surface area contributed by atoms with Gasteiger partial charge >= 0.3 is 0 Å². The topological polar surface area (TPSA) is 73.2 Å². The Balaban J connectivity index is 1.26. The number of aryl methyl sites for hydroxylation is 1. The molecular formula is C26H25N3O3. The zero-order chi connectivity index (χ0) is 22.1. The Morgan fingerprint density at radius 2 is 1.88 bits per heavy atom. The molecule has 0 unspecified atom stereocenters. The molecule has 3 aromatic carbocycles. The third-order valence-electron chi connectivity index (χ3n) is 5.97. The van der Waals surface area contributed by atoms with Gasteiger partial charge in [-0.05, 0) is 59.5 Å². The summed E-state index contributed by atoms with van der Waals surface area (Å²) in [6.07, 6.45) is 2.72. The summed E-state index contributed by atoms with van der Waals surface area (Å²) in [6, 6.07) is 19.7. The minimum Gasteiger partial charge on any atom is -0.497 e. The van der Waals surface area contributed by atoms with Crippen LogP contribution < -0.4 is 15.6 Å². The maximum Gasteiger partial charge on any atom is 0.261 e. The predicted octanol–water partition coefficient (Wildman–Crippen LogP) is 4.14. The number of amides is 1. The van der Waals surface area contributed by atoms with Crippen molar-refractivity contribution in [2.45, 2.75) is 38.3 Å². The van der Waals surface area contributed by atoms with E-state index in [1.165, 1.54) is 0 Å². The number of carbonyl (C=O) groups excluding carboxylic acids is 1. The number of methoxy groups -OCH3 is 1. The van der Waals surface area contributed by atoms with E-state index in [4.69, 9.17) is 9.72 Å². The van der Waals surface area contributed by atoms with Gasteiger partial charge in [-0.15, -0.1) is 0 Å². The summed E-state index contributed by atoms with van der Waals surface area (Å²) in [6.45, 7) is 0.460. The van der Waals surface area contributed by atoms with Crippen molar-refractivity contribution < 1.29 is 9.53 Å². The van der Waals surface area contributed by atoms with E-state index in [0.29, 0.717) is 36.1 Å². The van der Waals surface area contributed by atoms with Gasteiger partial charge in [-0.2, -0.15) is 0 Å². The van der Waals surface area contributed by atoms with E-state index in [0.717, 1.165) is 34.9 Å². The number of ether oxygens (including phenoxy) is 1. The van der Waals surface area contributed by atoms with Gasteiger partial charge in [0.25, 0.3) is 5.56 Å². The molecule has 1 heterocycles. The summed E-state index contributed by atoms with van der Waals surface area (Å²) in [5, 5.41) is 5.83. The molecular weight excluding hydrogens is 402 g/mol. The lowest BCUT2D eigenvalue weighted by molar-refractivity contribution is -0.121. The molecule has 6 nitrogen and oxygen atoms in total. The minimum atomic E-state index is -0.0513. The first kappa shape index (κ1) is 20.2. The number of nitrogens with one attached hydrogen (secondary N) is 1. The van der Waals surface area contributed by atoms with Gasteiger partial charge in [0.1, 0.15) is 11.6 Å². The largest absolute Gasteiger partial charge is 0.497 e. The van der Waals surface area contributed by atoms with Crippen LogP contribution in [-0.2, 0) is 17.8 Å². The Labute approximate surface area is 185 Å². The molecule has 0 saturated heterocycles. The van der Waals surface area contributed by atoms with E-state index in [1.807, 2.05) is 54.6 Å². The second kappa shape index (κ2) is 8.46. The molecule has 32 heavy (non-hydrogen) atoms. The van der Waals surface area contributed by atoms with Crippen molar-refractivity contribution >= 4 is 27.6 Å². The third kappa shape index (κ3) is 4.08. The van der Waals surface area contributed by atoms with Crippen LogP contribution in [0.15, 0.2) is 65.5 Å². The third-order valence-corrected chi connectivity index (χ3v) is 5.97. The molecule has 1 N–H and O–H groups in total. The summed E-state index contributed by atoms with van der Waals surface area (Å²) < 4.78 is 7.07. The van der Waals surface area contributed by atoms with Crippen molar-refractivity contribution in [2.75, 3.05) is 7.11 Å². The molecule has 1 aliphatic carbocycles. The van der Waals surface area contributed by atoms with Gasteiger partial charge in [-0.3, -0.25) is 14.2 Å². The molecule has 0 atom stereocenters. The summed E-state index contributed by atoms with van der Waals surface area (Å²) in [7, 11) is 1.66. The van der Waals surface area contributed by atoms with Crippen molar-refractivity contribution in [2.24, 2.45) is 0 Å². The number of fused-ring (bicyclic) bond motifs is 2. The number of carbonyl (C=O) groups is 1. The summed E-state index contributed by atoms with van der Waals surface area (Å²) in [5.41, 5.74) is 1.73. The zero-order valence-electron chi connectivity index (χ0n) is 18.0. The van der Waals surface area contributed by atoms with Gasteiger partial charge in [-0.25, -0.2) is 4.98 Å². The molecule has 1 amide bonds. The monoisotopic (exact) mass is 427 g/mol. The molecule has 1 aliphatic rings. The Morgan fingerprint density at radius 3 is 2.69 bits per heavy atom. The van der Waals surface area contributed by atoms with Gasteiger partial charge in [-0.1, -0.05) is 30.3 Å². The van der Waals surface area contributed by atoms with Crippen LogP contribution in [0.5, 0.6) is 5.75 Å². The van der Waals surface area contributed by atoms with E-state index < -0.39 is 0 Å². The lowest BCUT2D eigenvalue weighted by atomic mass is 10.1. The molecule has 0 aliphatic heterocycles. The number of benzene rings is 3. The van der Waals surface area contributed by atoms with Gasteiger partial charge in [0, 0.05) is 25.4 Å². The minimum absolute atomic E-state index is 0.00121. The van der Waals surface area contributed by atoms with Crippen LogP contribution in [0.1, 0.15) is 36.7 Å². The van der Waals surface area contributed by atoms with E-state index in [9.17, 15) is 9.59 Å². The highest BCUT2D eigenvalue weighted by atomic mass is 16.5. The Bertz CT molecular complexity index is 1370. The van der Waals surface area contributed by atoms with Crippen LogP contribution >= 0.6 is 0 Å². The summed E-state index contributed by atoms with van der Waals surface area (Å²) in [5.74, 6) is 1.47. The van der Waals surface area contributed by atoms with E-state index in [-0.39, 0.29) is 17.5 Å². The van der Waals surface area contributed by atoms with E-state index in [2.05, 4.69) is 11.4 Å². The van der Waals surface area contributed by atoms with Crippen molar-refractivity contribution in [1.29, 1.82) is 0 Å². The molecule has 4 aromatic rings. The second-order valence-electron chi connectivity index (χ2n) is 8.28. The first-order valence-corrected chi connectivity index (χ1v) is 11.0. The number of hydrogen-bond acceptors (Lipinski definition) is 4. The Hall–Kier alpha value is -3.67. The van der Waals surface area contributed by atoms with Gasteiger partial charge < -0.3 is 10.1 Å². The highest BCUT2D eigenvalue weighted by Gasteiger charge is 2.28. The molecule has 0 spiro atoms. The van der Waals surface area contributed by atoms with Crippen LogP contribution in [-0.4, -0.2) is 22.6 Å². The number of para-hydroxylation sites is 1. The van der Waals surface area contributed by atoms with Crippen molar-refractivity contribution in [3.63, 3.8) is 0 Å². The quantitative estimate of drug-likeness (QED) is 0.481. The molecule has 0 radical (unpaired) electrons. The molecule has 6 heteroatoms. The average molecular weight is 428 g/mol. The summed E-state index contributed by atoms with van der Waals surface area (Å²) >= 11 is 0. The molecule has 1 aromatic heterocycles. The first-order chi connectivity index (χ1) is 15.6. The maximum absolute atomic E-state index is 12.9. The fourth-order valence-electron chi connectivity index (χ4n) is 4.10. The van der Waals surface area contributed by atoms with Crippen molar-refractivity contribution in [3.8, 4) is 5.75 Å². The highest BCUT2D eigenvalue weighted by Crippen LogP contribution is 2.35. The number of nitrogens with zero attached hydrogens (tertiary/aromatic N) is 2. The van der Waals surface area contributed by atoms with E-state index >= 15 is 0 Å². The Morgan fingerprint density at radius 1 is 1.09 bits per heavy atom. The van der Waals surface area contributed by atoms with Crippen LogP contribution in [0, 0.1) is 0 Å². The van der Waals surface area contributed by atoms with Crippen molar-refractivity contribution in [3.05, 3.63) is 82.4 Å². The van der Waals surface area contributed by atoms with Crippen LogP contribution in [0.4, 0.5) is 0 Å². The van der Waals surface area contributed by atoms with Crippen LogP contribution in [0.2, 0.25) is 0 Å². The van der Waals surface area contributed by atoms with Crippen LogP contribution in [0.3, 0.4) is 0 Å². The van der Waals surface area contributed by atoms with E-state index in [1.54, 1.807) is 11.7 Å². The molecule has 1 fully saturated rings. The molecule has 0 bridgehead atoms. The molecule has 1 saturated carbocycles. The average Bonchev–Trinajstić information content (AvgIpc) is 3.66. The predicted molar refractivity (Wildman–Crippen MR) is 125 cm³/mol. The standard InChI is InChI=1S/C26H25N3O3/c1-32-21-11-8-18-14-17(6-7-19(18)15-21)16-27-25(30)13-12-24-28-23-5-3-2-4-22(23)26(31)29(24)20-9-10-20/h2-8,11,14-15,20H,9-10,12-13,16H2,1H3,(H,27,30). The first-order valence-electron chi connectivity index (χ1n) is 11.0. The van der Waals surface area contributed by atoms with Crippen molar-refractivity contribution in [1.82, 2.24) is 14.9 Å². The number of aromatic nitrogens is 2. The van der Waals surface area contributed by atoms with Gasteiger partial charge in [0.2, 0.25) is 5.91 Å². The second-order valence-corrected chi connectivity index (χ2v) is 8.28. The maximum atomic E-state index is 12.9. The normalized spacial score (nSPS) is 13.4. The highest BCUT2D eigenvalue weighted by molar-refractivity contribution is 5.84. The fraction of sp³-hybridized carbons (Fsp3) is 0.269. The fourth-order valence-corrected chi connectivity index (χ4v) is 4.10. The lowest BCUT2D eigenvalue weighted by Crippen LogP contribution is -2.27. The number of rotatable bonds is 7. The SMILES string of the molecule is COc1ccc2cc(CNC(=O)CCc3nc4ccccc4c(=O)n3C3CC3)ccc2c1. The number of hydrogen-bond donors (Lipinski definition) is 1. The molecule has 5 rings (SSSR count). The summed E-state index contributed by atoms with van der Waals surface area (Å²) in [4.78, 5) is 30.2.